The normalized spacial score (nSPS) is 9.68. The number of nitrogens with zero attached hydrogens (tertiary/aromatic N) is 1. The molecule has 0 unspecified atom stereocenters. The van der Waals surface area contributed by atoms with E-state index in [1.165, 1.54) is 0 Å². The van der Waals surface area contributed by atoms with Gasteiger partial charge in [0.2, 0.25) is 0 Å². The van der Waals surface area contributed by atoms with Crippen molar-refractivity contribution >= 4 is 11.7 Å². The van der Waals surface area contributed by atoms with E-state index in [-0.39, 0.29) is 0 Å². The lowest BCUT2D eigenvalue weighted by Gasteiger charge is -2.08. The molecule has 0 spiro atoms. The average Bonchev–Trinajstić information content (AvgIpc) is 2.38. The number of hydrogen-bond donors (Lipinski definition) is 1. The third kappa shape index (κ3) is 5.30. The highest BCUT2D eigenvalue weighted by molar-refractivity contribution is 5.91. The minimum Gasteiger partial charge on any atom is -0.494 e. The van der Waals surface area contributed by atoms with Gasteiger partial charge in [-0.2, -0.15) is 5.26 Å². The lowest BCUT2D eigenvalue weighted by molar-refractivity contribution is 0.0498. The predicted octanol–water partition coefficient (Wildman–Crippen LogP) is 2.52. The molecule has 1 aromatic carbocycles. The average molecular weight is 262 g/mol. The topological polar surface area (TPSA) is 85.3 Å². The number of unbranched alkanes of at least 4 members (excludes halogenated alkanes) is 2. The van der Waals surface area contributed by atoms with E-state index in [1.54, 1.807) is 18.2 Å². The Balaban J connectivity index is 2.54. The fourth-order valence-electron chi connectivity index (χ4n) is 1.54. The van der Waals surface area contributed by atoms with Crippen LogP contribution in [-0.2, 0) is 4.74 Å². The highest BCUT2D eigenvalue weighted by Gasteiger charge is 2.09. The molecule has 0 saturated carbocycles. The van der Waals surface area contributed by atoms with E-state index < -0.39 is 5.97 Å². The standard InChI is InChI=1S/C14H18N2O3/c1-2-18-13-9-11(8-12(16)10-13)14(17)19-7-5-3-4-6-15/h8-10H,2-5,7,16H2,1H3. The van der Waals surface area contributed by atoms with Gasteiger partial charge in [0, 0.05) is 18.2 Å². The zero-order valence-electron chi connectivity index (χ0n) is 11.0. The minimum absolute atomic E-state index is 0.305. The van der Waals surface area contributed by atoms with Gasteiger partial charge < -0.3 is 15.2 Å². The van der Waals surface area contributed by atoms with E-state index >= 15 is 0 Å². The first-order valence-electron chi connectivity index (χ1n) is 6.24. The summed E-state index contributed by atoms with van der Waals surface area (Å²) in [7, 11) is 0. The van der Waals surface area contributed by atoms with Crippen LogP contribution >= 0.6 is 0 Å². The number of nitriles is 1. The van der Waals surface area contributed by atoms with Gasteiger partial charge in [-0.1, -0.05) is 0 Å². The van der Waals surface area contributed by atoms with Crippen LogP contribution in [0.3, 0.4) is 0 Å². The van der Waals surface area contributed by atoms with E-state index in [1.807, 2.05) is 13.0 Å². The summed E-state index contributed by atoms with van der Waals surface area (Å²) in [5, 5.41) is 8.38. The lowest BCUT2D eigenvalue weighted by atomic mass is 10.2. The maximum absolute atomic E-state index is 11.8. The molecule has 0 bridgehead atoms. The Kier molecular flexibility index (Phi) is 6.23. The monoisotopic (exact) mass is 262 g/mol. The van der Waals surface area contributed by atoms with Gasteiger partial charge in [0.1, 0.15) is 5.75 Å². The number of rotatable bonds is 7. The second-order valence-electron chi connectivity index (χ2n) is 3.97. The first-order chi connectivity index (χ1) is 9.17. The largest absolute Gasteiger partial charge is 0.494 e. The van der Waals surface area contributed by atoms with Crippen molar-refractivity contribution in [3.05, 3.63) is 23.8 Å². The third-order valence-corrected chi connectivity index (χ3v) is 2.39. The van der Waals surface area contributed by atoms with Crippen molar-refractivity contribution in [2.45, 2.75) is 26.2 Å². The number of nitrogen functional groups attached to an aromatic ring is 1. The Morgan fingerprint density at radius 2 is 2.16 bits per heavy atom. The second-order valence-corrected chi connectivity index (χ2v) is 3.97. The molecule has 2 N–H and O–H groups in total. The van der Waals surface area contributed by atoms with Crippen molar-refractivity contribution in [1.29, 1.82) is 5.26 Å². The van der Waals surface area contributed by atoms with Crippen LogP contribution in [0.1, 0.15) is 36.5 Å². The van der Waals surface area contributed by atoms with E-state index in [4.69, 9.17) is 20.5 Å². The molecule has 5 heteroatoms. The van der Waals surface area contributed by atoms with Crippen LogP contribution in [0.25, 0.3) is 0 Å². The van der Waals surface area contributed by atoms with E-state index in [0.29, 0.717) is 43.1 Å². The molecule has 0 atom stereocenters. The van der Waals surface area contributed by atoms with Crippen LogP contribution in [0.2, 0.25) is 0 Å². The Morgan fingerprint density at radius 3 is 2.84 bits per heavy atom. The third-order valence-electron chi connectivity index (χ3n) is 2.39. The summed E-state index contributed by atoms with van der Waals surface area (Å²) in [6.07, 6.45) is 1.88. The number of carbonyl (C=O) groups is 1. The Hall–Kier alpha value is -2.22. The van der Waals surface area contributed by atoms with Crippen molar-refractivity contribution < 1.29 is 14.3 Å². The van der Waals surface area contributed by atoms with Crippen molar-refractivity contribution in [3.8, 4) is 11.8 Å². The summed E-state index contributed by atoms with van der Waals surface area (Å²) in [6.45, 7) is 2.67. The summed E-state index contributed by atoms with van der Waals surface area (Å²) in [6, 6.07) is 6.87. The summed E-state index contributed by atoms with van der Waals surface area (Å²) in [4.78, 5) is 11.8. The molecule has 0 amide bonds. The molecule has 0 saturated heterocycles. The van der Waals surface area contributed by atoms with Crippen molar-refractivity contribution in [1.82, 2.24) is 0 Å². The van der Waals surface area contributed by atoms with Gasteiger partial charge in [0.15, 0.2) is 0 Å². The van der Waals surface area contributed by atoms with Crippen molar-refractivity contribution in [2.75, 3.05) is 18.9 Å². The quantitative estimate of drug-likeness (QED) is 0.463. The highest BCUT2D eigenvalue weighted by Crippen LogP contribution is 2.19. The molecule has 5 nitrogen and oxygen atoms in total. The van der Waals surface area contributed by atoms with Gasteiger partial charge >= 0.3 is 5.97 Å². The molecule has 19 heavy (non-hydrogen) atoms. The van der Waals surface area contributed by atoms with Crippen LogP contribution < -0.4 is 10.5 Å². The first-order valence-corrected chi connectivity index (χ1v) is 6.24. The van der Waals surface area contributed by atoms with Crippen LogP contribution in [0.5, 0.6) is 5.75 Å². The van der Waals surface area contributed by atoms with Gasteiger partial charge in [-0.25, -0.2) is 4.79 Å². The maximum Gasteiger partial charge on any atom is 0.338 e. The lowest BCUT2D eigenvalue weighted by Crippen LogP contribution is -2.07. The van der Waals surface area contributed by atoms with Crippen LogP contribution in [0.4, 0.5) is 5.69 Å². The summed E-state index contributed by atoms with van der Waals surface area (Å²) < 4.78 is 10.4. The molecule has 1 rings (SSSR count). The van der Waals surface area contributed by atoms with Gasteiger partial charge in [-0.15, -0.1) is 0 Å². The second kappa shape index (κ2) is 7.98. The number of ether oxygens (including phenoxy) is 2. The Morgan fingerprint density at radius 1 is 1.37 bits per heavy atom. The molecule has 0 aliphatic rings. The smallest absolute Gasteiger partial charge is 0.338 e. The number of anilines is 1. The summed E-state index contributed by atoms with van der Waals surface area (Å²) in [5.74, 6) is 0.129. The molecule has 0 heterocycles. The predicted molar refractivity (Wildman–Crippen MR) is 71.8 cm³/mol. The summed E-state index contributed by atoms with van der Waals surface area (Å²) >= 11 is 0. The molecule has 102 valence electrons. The summed E-state index contributed by atoms with van der Waals surface area (Å²) in [5.41, 5.74) is 6.54. The number of hydrogen-bond acceptors (Lipinski definition) is 5. The molecule has 0 aromatic heterocycles. The zero-order chi connectivity index (χ0) is 14.1. The highest BCUT2D eigenvalue weighted by atomic mass is 16.5. The molecule has 1 aromatic rings. The van der Waals surface area contributed by atoms with Gasteiger partial charge in [0.25, 0.3) is 0 Å². The first kappa shape index (κ1) is 14.8. The fraction of sp³-hybridized carbons (Fsp3) is 0.429. The van der Waals surface area contributed by atoms with Crippen LogP contribution in [0, 0.1) is 11.3 Å². The fourth-order valence-corrected chi connectivity index (χ4v) is 1.54. The molecular weight excluding hydrogens is 244 g/mol. The number of carbonyl (C=O) groups excluding carboxylic acids is 1. The van der Waals surface area contributed by atoms with E-state index in [0.717, 1.165) is 6.42 Å². The van der Waals surface area contributed by atoms with E-state index in [2.05, 4.69) is 0 Å². The molecule has 0 aliphatic heterocycles. The van der Waals surface area contributed by atoms with Crippen LogP contribution in [-0.4, -0.2) is 19.2 Å². The molecule has 0 radical (unpaired) electrons. The zero-order valence-corrected chi connectivity index (χ0v) is 11.0. The minimum atomic E-state index is -0.426. The SMILES string of the molecule is CCOc1cc(N)cc(C(=O)OCCCCC#N)c1. The van der Waals surface area contributed by atoms with E-state index in [9.17, 15) is 4.79 Å². The molecule has 0 fully saturated rings. The number of nitrogens with two attached hydrogens (primary N) is 1. The van der Waals surface area contributed by atoms with Gasteiger partial charge in [0.05, 0.1) is 24.8 Å². The number of benzene rings is 1. The van der Waals surface area contributed by atoms with Crippen molar-refractivity contribution in [2.24, 2.45) is 0 Å². The van der Waals surface area contributed by atoms with Gasteiger partial charge in [-0.3, -0.25) is 0 Å². The van der Waals surface area contributed by atoms with Crippen LogP contribution in [0.15, 0.2) is 18.2 Å². The van der Waals surface area contributed by atoms with Crippen molar-refractivity contribution in [3.63, 3.8) is 0 Å². The van der Waals surface area contributed by atoms with Gasteiger partial charge in [-0.05, 0) is 31.9 Å². The Labute approximate surface area is 112 Å². The molecular formula is C14H18N2O3. The number of esters is 1. The maximum atomic E-state index is 11.8. The molecule has 0 aliphatic carbocycles. The Bertz CT molecular complexity index is 466.